The molecule has 168 valence electrons. The van der Waals surface area contributed by atoms with E-state index in [9.17, 15) is 52.7 Å². The molecule has 0 aromatic heterocycles. The monoisotopic (exact) mass is 458 g/mol. The van der Waals surface area contributed by atoms with Crippen LogP contribution in [0.2, 0.25) is 0 Å². The van der Waals surface area contributed by atoms with E-state index in [4.69, 9.17) is 11.5 Å². The molecule has 0 aromatic rings. The zero-order valence-electron chi connectivity index (χ0n) is 14.2. The summed E-state index contributed by atoms with van der Waals surface area (Å²) in [5.74, 6) is 0. The molecule has 0 saturated carbocycles. The SMILES string of the molecule is NC1=CC(C(F)(F)F)(C(F)(F)F)C(=C2C=CC(N)(C(F)(F)F)C=C2C(F)(F)F)C=C1. The third-order valence-electron chi connectivity index (χ3n) is 4.43. The van der Waals surface area contributed by atoms with Crippen molar-refractivity contribution in [3.63, 3.8) is 0 Å². The first-order valence-electron chi connectivity index (χ1n) is 7.57. The number of hydrogen-bond donors (Lipinski definition) is 2. The van der Waals surface area contributed by atoms with Crippen LogP contribution in [-0.2, 0) is 0 Å². The second kappa shape index (κ2) is 6.56. The molecule has 0 aromatic carbocycles. The number of allylic oxidation sites excluding steroid dienone is 7. The maximum absolute atomic E-state index is 13.6. The second-order valence-corrected chi connectivity index (χ2v) is 6.43. The van der Waals surface area contributed by atoms with Crippen LogP contribution in [0.15, 0.2) is 58.9 Å². The Kier molecular flexibility index (Phi) is 5.22. The Morgan fingerprint density at radius 2 is 1.17 bits per heavy atom. The van der Waals surface area contributed by atoms with E-state index in [1.165, 1.54) is 0 Å². The van der Waals surface area contributed by atoms with Gasteiger partial charge < -0.3 is 11.5 Å². The largest absolute Gasteiger partial charge is 0.416 e. The average molecular weight is 458 g/mol. The average Bonchev–Trinajstić information content (AvgIpc) is 2.51. The van der Waals surface area contributed by atoms with E-state index in [1.54, 1.807) is 0 Å². The summed E-state index contributed by atoms with van der Waals surface area (Å²) in [4.78, 5) is 0. The lowest BCUT2D eigenvalue weighted by atomic mass is 9.70. The van der Waals surface area contributed by atoms with Crippen LogP contribution < -0.4 is 11.5 Å². The van der Waals surface area contributed by atoms with Gasteiger partial charge in [0.2, 0.25) is 5.41 Å². The van der Waals surface area contributed by atoms with E-state index in [0.717, 1.165) is 0 Å². The fraction of sp³-hybridized carbons (Fsp3) is 0.375. The number of hydrogen-bond acceptors (Lipinski definition) is 2. The summed E-state index contributed by atoms with van der Waals surface area (Å²) in [7, 11) is 0. The molecule has 0 aliphatic heterocycles. The van der Waals surface area contributed by atoms with Gasteiger partial charge in [0.25, 0.3) is 0 Å². The zero-order valence-corrected chi connectivity index (χ0v) is 14.2. The second-order valence-electron chi connectivity index (χ2n) is 6.43. The molecule has 0 heterocycles. The van der Waals surface area contributed by atoms with Gasteiger partial charge in [0, 0.05) is 5.70 Å². The summed E-state index contributed by atoms with van der Waals surface area (Å²) in [6, 6.07) is 0. The first-order chi connectivity index (χ1) is 13.2. The number of alkyl halides is 12. The molecule has 0 bridgehead atoms. The van der Waals surface area contributed by atoms with Crippen LogP contribution in [-0.4, -0.2) is 30.2 Å². The Hall–Kier alpha value is -2.38. The van der Waals surface area contributed by atoms with Crippen molar-refractivity contribution in [1.29, 1.82) is 0 Å². The highest BCUT2D eigenvalue weighted by molar-refractivity contribution is 5.60. The summed E-state index contributed by atoms with van der Waals surface area (Å²) in [6.45, 7) is 0. The summed E-state index contributed by atoms with van der Waals surface area (Å²) in [5.41, 5.74) is -6.10. The van der Waals surface area contributed by atoms with Crippen LogP contribution in [0.4, 0.5) is 52.7 Å². The Labute approximate surface area is 159 Å². The van der Waals surface area contributed by atoms with Gasteiger partial charge in [-0.15, -0.1) is 0 Å². The number of nitrogens with two attached hydrogens (primary N) is 2. The lowest BCUT2D eigenvalue weighted by molar-refractivity contribution is -0.306. The molecule has 2 rings (SSSR count). The van der Waals surface area contributed by atoms with Gasteiger partial charge in [-0.1, -0.05) is 18.2 Å². The predicted molar refractivity (Wildman–Crippen MR) is 79.2 cm³/mol. The maximum Gasteiger partial charge on any atom is 0.416 e. The van der Waals surface area contributed by atoms with E-state index in [2.05, 4.69) is 0 Å². The molecule has 30 heavy (non-hydrogen) atoms. The Morgan fingerprint density at radius 3 is 1.57 bits per heavy atom. The topological polar surface area (TPSA) is 52.0 Å². The molecule has 0 spiro atoms. The zero-order chi connectivity index (χ0) is 23.6. The Balaban J connectivity index is 2.98. The van der Waals surface area contributed by atoms with E-state index in [-0.39, 0.29) is 18.2 Å². The van der Waals surface area contributed by atoms with Crippen molar-refractivity contribution >= 4 is 0 Å². The fourth-order valence-corrected chi connectivity index (χ4v) is 2.94. The van der Waals surface area contributed by atoms with Gasteiger partial charge in [0.1, 0.15) is 0 Å². The lowest BCUT2D eigenvalue weighted by Gasteiger charge is -2.40. The predicted octanol–water partition coefficient (Wildman–Crippen LogP) is 5.12. The van der Waals surface area contributed by atoms with Crippen LogP contribution in [0.1, 0.15) is 0 Å². The molecule has 1 atom stereocenters. The van der Waals surface area contributed by atoms with E-state index >= 15 is 0 Å². The van der Waals surface area contributed by atoms with Crippen LogP contribution in [0.5, 0.6) is 0 Å². The van der Waals surface area contributed by atoms with Crippen LogP contribution in [0.3, 0.4) is 0 Å². The molecule has 0 amide bonds. The summed E-state index contributed by atoms with van der Waals surface area (Å²) in [5, 5.41) is 0. The minimum absolute atomic E-state index is 0.0344. The van der Waals surface area contributed by atoms with Crippen molar-refractivity contribution in [2.24, 2.45) is 16.9 Å². The molecule has 2 nitrogen and oxygen atoms in total. The third kappa shape index (κ3) is 3.61. The van der Waals surface area contributed by atoms with Crippen molar-refractivity contribution < 1.29 is 52.7 Å². The highest BCUT2D eigenvalue weighted by Crippen LogP contribution is 2.60. The van der Waals surface area contributed by atoms with Crippen molar-refractivity contribution in [2.45, 2.75) is 30.2 Å². The van der Waals surface area contributed by atoms with Gasteiger partial charge in [0.15, 0.2) is 5.54 Å². The standard InChI is InChI=1S/C16H10F12N2/c17-13(18,19)10-6-11(30,14(20,21)22)4-3-8(10)9-2-1-7(29)5-12(9,15(23,24)25)16(26,27)28/h1-6H,29-30H2. The van der Waals surface area contributed by atoms with Gasteiger partial charge in [-0.3, -0.25) is 0 Å². The minimum Gasteiger partial charge on any atom is -0.399 e. The first-order valence-corrected chi connectivity index (χ1v) is 7.57. The van der Waals surface area contributed by atoms with Gasteiger partial charge in [-0.2, -0.15) is 52.7 Å². The summed E-state index contributed by atoms with van der Waals surface area (Å²) in [6.07, 6.45) is -24.8. The van der Waals surface area contributed by atoms with Gasteiger partial charge in [-0.25, -0.2) is 0 Å². The molecule has 14 heteroatoms. The molecule has 0 saturated heterocycles. The summed E-state index contributed by atoms with van der Waals surface area (Å²) < 4.78 is 161. The van der Waals surface area contributed by atoms with E-state index in [0.29, 0.717) is 6.08 Å². The van der Waals surface area contributed by atoms with Crippen LogP contribution in [0, 0.1) is 5.41 Å². The van der Waals surface area contributed by atoms with E-state index in [1.807, 2.05) is 0 Å². The number of halogens is 12. The molecular formula is C16H10F12N2. The highest BCUT2D eigenvalue weighted by atomic mass is 19.4. The number of rotatable bonds is 0. The first kappa shape index (κ1) is 23.9. The Bertz CT molecular complexity index is 860. The van der Waals surface area contributed by atoms with Crippen molar-refractivity contribution in [3.8, 4) is 0 Å². The molecule has 2 aliphatic rings. The van der Waals surface area contributed by atoms with Crippen molar-refractivity contribution in [2.75, 3.05) is 0 Å². The third-order valence-corrected chi connectivity index (χ3v) is 4.43. The lowest BCUT2D eigenvalue weighted by Crippen LogP contribution is -2.53. The highest BCUT2D eigenvalue weighted by Gasteiger charge is 2.72. The van der Waals surface area contributed by atoms with Crippen molar-refractivity contribution in [1.82, 2.24) is 0 Å². The molecule has 1 unspecified atom stereocenters. The van der Waals surface area contributed by atoms with Gasteiger partial charge in [-0.05, 0) is 29.4 Å². The summed E-state index contributed by atoms with van der Waals surface area (Å²) >= 11 is 0. The molecule has 0 fully saturated rings. The molecule has 2 aliphatic carbocycles. The smallest absolute Gasteiger partial charge is 0.399 e. The van der Waals surface area contributed by atoms with Gasteiger partial charge >= 0.3 is 24.7 Å². The molecule has 0 radical (unpaired) electrons. The maximum atomic E-state index is 13.6. The molecule has 4 N–H and O–H groups in total. The van der Waals surface area contributed by atoms with Crippen LogP contribution >= 0.6 is 0 Å². The normalized spacial score (nSPS) is 27.8. The fourth-order valence-electron chi connectivity index (χ4n) is 2.94. The van der Waals surface area contributed by atoms with E-state index < -0.39 is 70.2 Å². The van der Waals surface area contributed by atoms with Crippen LogP contribution in [0.25, 0.3) is 0 Å². The van der Waals surface area contributed by atoms with Gasteiger partial charge in [0.05, 0.1) is 5.57 Å². The molecular weight excluding hydrogens is 448 g/mol. The minimum atomic E-state index is -6.24. The van der Waals surface area contributed by atoms with Crippen molar-refractivity contribution in [3.05, 3.63) is 58.9 Å². The quantitative estimate of drug-likeness (QED) is 0.495. The Morgan fingerprint density at radius 1 is 0.667 bits per heavy atom.